The number of halogens is 3. The lowest BCUT2D eigenvalue weighted by atomic mass is 10.0. The van der Waals surface area contributed by atoms with Gasteiger partial charge in [0.15, 0.2) is 0 Å². The first kappa shape index (κ1) is 13.1. The first-order valence-electron chi connectivity index (χ1n) is 5.25. The summed E-state index contributed by atoms with van der Waals surface area (Å²) in [5.74, 6) is -1.18. The van der Waals surface area contributed by atoms with Crippen LogP contribution < -0.4 is 0 Å². The molecule has 1 aromatic heterocycles. The highest BCUT2D eigenvalue weighted by molar-refractivity contribution is 5.85. The van der Waals surface area contributed by atoms with E-state index in [-0.39, 0.29) is 5.69 Å². The maximum atomic E-state index is 12.6. The number of nitrogens with zero attached hydrogens (tertiary/aromatic N) is 1. The number of alkyl halides is 3. The van der Waals surface area contributed by atoms with Gasteiger partial charge in [0.25, 0.3) is 0 Å². The van der Waals surface area contributed by atoms with Gasteiger partial charge in [0, 0.05) is 11.8 Å². The molecule has 0 aliphatic carbocycles. The number of carbonyl (C=O) groups is 1. The topological polar surface area (TPSA) is 50.2 Å². The zero-order valence-electron chi connectivity index (χ0n) is 9.48. The number of rotatable bonds is 2. The molecular weight excluding hydrogens is 259 g/mol. The monoisotopic (exact) mass is 267 g/mol. The summed E-state index contributed by atoms with van der Waals surface area (Å²) in [6.45, 7) is 0. The molecule has 0 bridgehead atoms. The Morgan fingerprint density at radius 1 is 1.11 bits per heavy atom. The molecule has 0 saturated heterocycles. The molecule has 2 aromatic rings. The predicted octanol–water partition coefficient (Wildman–Crippen LogP) is 3.47. The van der Waals surface area contributed by atoms with Gasteiger partial charge in [0.1, 0.15) is 5.69 Å². The maximum Gasteiger partial charge on any atom is 0.416 e. The van der Waals surface area contributed by atoms with E-state index in [2.05, 4.69) is 4.98 Å². The van der Waals surface area contributed by atoms with Crippen molar-refractivity contribution >= 4 is 5.97 Å². The molecule has 0 radical (unpaired) electrons. The van der Waals surface area contributed by atoms with Gasteiger partial charge in [-0.05, 0) is 23.8 Å². The minimum atomic E-state index is -4.41. The first-order valence-corrected chi connectivity index (χ1v) is 5.25. The van der Waals surface area contributed by atoms with Crippen LogP contribution in [0.15, 0.2) is 42.6 Å². The standard InChI is InChI=1S/C13H8F3NO2/c14-13(15,16)10-3-1-2-8(6-10)9-4-5-11(12(18)19)17-7-9/h1-7H,(H,18,19). The summed E-state index contributed by atoms with van der Waals surface area (Å²) in [4.78, 5) is 14.3. The molecule has 0 aliphatic heterocycles. The molecule has 3 nitrogen and oxygen atoms in total. The highest BCUT2D eigenvalue weighted by Gasteiger charge is 2.30. The molecule has 0 unspecified atom stereocenters. The SMILES string of the molecule is O=C(O)c1ccc(-c2cccc(C(F)(F)F)c2)cn1. The number of carboxylic acids is 1. The molecule has 1 aromatic carbocycles. The molecule has 6 heteroatoms. The second kappa shape index (κ2) is 4.72. The Kier molecular flexibility index (Phi) is 3.25. The van der Waals surface area contributed by atoms with Crippen LogP contribution in [0.3, 0.4) is 0 Å². The average molecular weight is 267 g/mol. The van der Waals surface area contributed by atoms with Crippen LogP contribution in [0.1, 0.15) is 16.1 Å². The van der Waals surface area contributed by atoms with E-state index in [1.165, 1.54) is 30.5 Å². The number of hydrogen-bond donors (Lipinski definition) is 1. The van der Waals surface area contributed by atoms with Crippen molar-refractivity contribution in [2.45, 2.75) is 6.18 Å². The highest BCUT2D eigenvalue weighted by atomic mass is 19.4. The van der Waals surface area contributed by atoms with E-state index in [1.807, 2.05) is 0 Å². The molecule has 0 amide bonds. The lowest BCUT2D eigenvalue weighted by Gasteiger charge is -2.08. The van der Waals surface area contributed by atoms with Crippen molar-refractivity contribution in [3.8, 4) is 11.1 Å². The number of aromatic carboxylic acids is 1. The maximum absolute atomic E-state index is 12.6. The lowest BCUT2D eigenvalue weighted by Crippen LogP contribution is -2.04. The molecular formula is C13H8F3NO2. The van der Waals surface area contributed by atoms with Gasteiger partial charge in [0.2, 0.25) is 0 Å². The Hall–Kier alpha value is -2.37. The van der Waals surface area contributed by atoms with Crippen molar-refractivity contribution in [1.29, 1.82) is 0 Å². The molecule has 98 valence electrons. The number of hydrogen-bond acceptors (Lipinski definition) is 2. The van der Waals surface area contributed by atoms with Crippen LogP contribution in [-0.2, 0) is 6.18 Å². The van der Waals surface area contributed by atoms with E-state index < -0.39 is 17.7 Å². The fourth-order valence-corrected chi connectivity index (χ4v) is 1.57. The molecule has 19 heavy (non-hydrogen) atoms. The first-order chi connectivity index (χ1) is 8.88. The number of carboxylic acid groups (broad SMARTS) is 1. The van der Waals surface area contributed by atoms with Gasteiger partial charge in [-0.2, -0.15) is 13.2 Å². The molecule has 1 heterocycles. The summed E-state index contributed by atoms with van der Waals surface area (Å²) in [5.41, 5.74) is -0.154. The van der Waals surface area contributed by atoms with Gasteiger partial charge in [-0.3, -0.25) is 0 Å². The largest absolute Gasteiger partial charge is 0.477 e. The van der Waals surface area contributed by atoms with E-state index in [4.69, 9.17) is 5.11 Å². The molecule has 0 saturated carbocycles. The fourth-order valence-electron chi connectivity index (χ4n) is 1.57. The van der Waals surface area contributed by atoms with Crippen LogP contribution in [0, 0.1) is 0 Å². The van der Waals surface area contributed by atoms with Crippen molar-refractivity contribution in [3.63, 3.8) is 0 Å². The predicted molar refractivity (Wildman–Crippen MR) is 61.6 cm³/mol. The van der Waals surface area contributed by atoms with Gasteiger partial charge in [-0.25, -0.2) is 9.78 Å². The zero-order valence-corrected chi connectivity index (χ0v) is 9.48. The normalized spacial score (nSPS) is 11.3. The second-order valence-electron chi connectivity index (χ2n) is 3.82. The third-order valence-electron chi connectivity index (χ3n) is 2.51. The van der Waals surface area contributed by atoms with Crippen LogP contribution >= 0.6 is 0 Å². The average Bonchev–Trinajstić information content (AvgIpc) is 2.38. The van der Waals surface area contributed by atoms with E-state index in [0.29, 0.717) is 11.1 Å². The molecule has 1 N–H and O–H groups in total. The van der Waals surface area contributed by atoms with Gasteiger partial charge in [-0.1, -0.05) is 18.2 Å². The van der Waals surface area contributed by atoms with Crippen LogP contribution in [0.5, 0.6) is 0 Å². The van der Waals surface area contributed by atoms with E-state index >= 15 is 0 Å². The third-order valence-corrected chi connectivity index (χ3v) is 2.51. The summed E-state index contributed by atoms with van der Waals surface area (Å²) >= 11 is 0. The minimum Gasteiger partial charge on any atom is -0.477 e. The Bertz CT molecular complexity index is 606. The van der Waals surface area contributed by atoms with Crippen molar-refractivity contribution in [3.05, 3.63) is 53.9 Å². The fraction of sp³-hybridized carbons (Fsp3) is 0.0769. The van der Waals surface area contributed by atoms with Gasteiger partial charge < -0.3 is 5.11 Å². The van der Waals surface area contributed by atoms with Crippen LogP contribution in [0.25, 0.3) is 11.1 Å². The van der Waals surface area contributed by atoms with Gasteiger partial charge >= 0.3 is 12.1 Å². The van der Waals surface area contributed by atoms with Crippen molar-refractivity contribution in [1.82, 2.24) is 4.98 Å². The Morgan fingerprint density at radius 2 is 1.84 bits per heavy atom. The molecule has 0 atom stereocenters. The van der Waals surface area contributed by atoms with E-state index in [0.717, 1.165) is 12.1 Å². The summed E-state index contributed by atoms with van der Waals surface area (Å²) in [5, 5.41) is 8.69. The smallest absolute Gasteiger partial charge is 0.416 e. The zero-order chi connectivity index (χ0) is 14.0. The summed E-state index contributed by atoms with van der Waals surface area (Å²) in [6, 6.07) is 7.44. The second-order valence-corrected chi connectivity index (χ2v) is 3.82. The molecule has 0 spiro atoms. The molecule has 0 fully saturated rings. The quantitative estimate of drug-likeness (QED) is 0.906. The van der Waals surface area contributed by atoms with Crippen LogP contribution in [0.2, 0.25) is 0 Å². The Balaban J connectivity index is 2.39. The van der Waals surface area contributed by atoms with Gasteiger partial charge in [-0.15, -0.1) is 0 Å². The third kappa shape index (κ3) is 2.90. The number of benzene rings is 1. The molecule has 2 rings (SSSR count). The van der Waals surface area contributed by atoms with Crippen molar-refractivity contribution in [2.24, 2.45) is 0 Å². The highest BCUT2D eigenvalue weighted by Crippen LogP contribution is 2.31. The van der Waals surface area contributed by atoms with Gasteiger partial charge in [0.05, 0.1) is 5.56 Å². The molecule has 0 aliphatic rings. The minimum absolute atomic E-state index is 0.157. The van der Waals surface area contributed by atoms with Crippen LogP contribution in [0.4, 0.5) is 13.2 Å². The van der Waals surface area contributed by atoms with Crippen molar-refractivity contribution in [2.75, 3.05) is 0 Å². The van der Waals surface area contributed by atoms with Crippen molar-refractivity contribution < 1.29 is 23.1 Å². The lowest BCUT2D eigenvalue weighted by molar-refractivity contribution is -0.137. The summed E-state index contributed by atoms with van der Waals surface area (Å²) in [7, 11) is 0. The van der Waals surface area contributed by atoms with E-state index in [1.54, 1.807) is 0 Å². The summed E-state index contributed by atoms with van der Waals surface area (Å²) < 4.78 is 37.7. The number of aromatic nitrogens is 1. The van der Waals surface area contributed by atoms with E-state index in [9.17, 15) is 18.0 Å². The summed E-state index contributed by atoms with van der Waals surface area (Å²) in [6.07, 6.45) is -3.18. The Morgan fingerprint density at radius 3 is 2.37 bits per heavy atom. The Labute approximate surface area is 106 Å². The number of pyridine rings is 1. The van der Waals surface area contributed by atoms with Crippen LogP contribution in [-0.4, -0.2) is 16.1 Å².